The maximum absolute atomic E-state index is 13.0. The zero-order valence-corrected chi connectivity index (χ0v) is 15.4. The van der Waals surface area contributed by atoms with Crippen molar-refractivity contribution >= 4 is 17.0 Å². The number of hydrogen-bond donors (Lipinski definition) is 0. The van der Waals surface area contributed by atoms with E-state index in [1.165, 1.54) is 0 Å². The lowest BCUT2D eigenvalue weighted by molar-refractivity contribution is 0.0311. The van der Waals surface area contributed by atoms with Gasteiger partial charge < -0.3 is 9.32 Å². The van der Waals surface area contributed by atoms with Gasteiger partial charge in [0.2, 0.25) is 5.89 Å². The third kappa shape index (κ3) is 2.99. The van der Waals surface area contributed by atoms with Crippen molar-refractivity contribution in [1.82, 2.24) is 14.8 Å². The molecule has 0 N–H and O–H groups in total. The highest BCUT2D eigenvalue weighted by Crippen LogP contribution is 2.26. The number of amides is 1. The fourth-order valence-electron chi connectivity index (χ4n) is 3.36. The molecule has 134 valence electrons. The average Bonchev–Trinajstić information content (AvgIpc) is 3.07. The van der Waals surface area contributed by atoms with Gasteiger partial charge in [0.25, 0.3) is 5.91 Å². The molecule has 5 nitrogen and oxygen atoms in total. The minimum Gasteiger partial charge on any atom is -0.436 e. The van der Waals surface area contributed by atoms with Crippen molar-refractivity contribution in [2.24, 2.45) is 0 Å². The Bertz CT molecular complexity index is 946. The highest BCUT2D eigenvalue weighted by atomic mass is 16.3. The molecule has 1 aliphatic rings. The molecule has 0 radical (unpaired) electrons. The van der Waals surface area contributed by atoms with Crippen LogP contribution in [0.1, 0.15) is 24.2 Å². The molecule has 1 amide bonds. The van der Waals surface area contributed by atoms with Crippen molar-refractivity contribution in [3.05, 3.63) is 54.1 Å². The third-order valence-corrected chi connectivity index (χ3v) is 5.26. The molecule has 26 heavy (non-hydrogen) atoms. The van der Waals surface area contributed by atoms with E-state index in [1.807, 2.05) is 53.4 Å². The average molecular weight is 349 g/mol. The van der Waals surface area contributed by atoms with Crippen LogP contribution in [0.2, 0.25) is 0 Å². The summed E-state index contributed by atoms with van der Waals surface area (Å²) in [5, 5.41) is 0. The van der Waals surface area contributed by atoms with Crippen LogP contribution in [0.3, 0.4) is 0 Å². The molecule has 0 saturated carbocycles. The molecule has 1 saturated heterocycles. The topological polar surface area (TPSA) is 49.6 Å². The second-order valence-electron chi connectivity index (χ2n) is 7.53. The Balaban J connectivity index is 1.62. The Morgan fingerprint density at radius 2 is 1.88 bits per heavy atom. The van der Waals surface area contributed by atoms with Gasteiger partial charge in [0.05, 0.1) is 0 Å². The smallest absolute Gasteiger partial charge is 0.254 e. The summed E-state index contributed by atoms with van der Waals surface area (Å²) in [5.74, 6) is 0.628. The second-order valence-corrected chi connectivity index (χ2v) is 7.53. The lowest BCUT2D eigenvalue weighted by Gasteiger charge is -2.45. The molecular formula is C21H23N3O2. The van der Waals surface area contributed by atoms with Crippen LogP contribution < -0.4 is 0 Å². The predicted octanol–water partition coefficient (Wildman–Crippen LogP) is 3.66. The van der Waals surface area contributed by atoms with Gasteiger partial charge in [-0.1, -0.05) is 18.2 Å². The summed E-state index contributed by atoms with van der Waals surface area (Å²) in [7, 11) is 2.11. The van der Waals surface area contributed by atoms with E-state index < -0.39 is 0 Å². The number of piperazine rings is 1. The van der Waals surface area contributed by atoms with Gasteiger partial charge in [0.15, 0.2) is 5.58 Å². The Kier molecular flexibility index (Phi) is 4.04. The van der Waals surface area contributed by atoms with Crippen LogP contribution in [0.15, 0.2) is 52.9 Å². The Labute approximate surface area is 153 Å². The van der Waals surface area contributed by atoms with E-state index in [2.05, 4.69) is 30.8 Å². The molecule has 0 bridgehead atoms. The molecule has 2 aromatic carbocycles. The number of aromatic nitrogens is 1. The van der Waals surface area contributed by atoms with Crippen molar-refractivity contribution in [3.8, 4) is 11.5 Å². The lowest BCUT2D eigenvalue weighted by atomic mass is 9.99. The first-order valence-corrected chi connectivity index (χ1v) is 8.90. The fourth-order valence-corrected chi connectivity index (χ4v) is 3.36. The van der Waals surface area contributed by atoms with Gasteiger partial charge in [-0.25, -0.2) is 4.98 Å². The van der Waals surface area contributed by atoms with Crippen LogP contribution in [0.5, 0.6) is 0 Å². The van der Waals surface area contributed by atoms with E-state index in [0.29, 0.717) is 29.1 Å². The minimum atomic E-state index is -0.0214. The summed E-state index contributed by atoms with van der Waals surface area (Å²) in [6.07, 6.45) is 0. The Morgan fingerprint density at radius 3 is 2.62 bits per heavy atom. The standard InChI is InChI=1S/C21H23N3O2/c1-21(2)14-24(12-11-23(21)3)20(25)16-9-10-18-17(13-16)22-19(26-18)15-7-5-4-6-8-15/h4-10,13H,11-12,14H2,1-3H3. The maximum atomic E-state index is 13.0. The van der Waals surface area contributed by atoms with E-state index in [1.54, 1.807) is 0 Å². The highest BCUT2D eigenvalue weighted by Gasteiger charge is 2.33. The third-order valence-electron chi connectivity index (χ3n) is 5.26. The predicted molar refractivity (Wildman–Crippen MR) is 102 cm³/mol. The van der Waals surface area contributed by atoms with Crippen molar-refractivity contribution in [1.29, 1.82) is 0 Å². The van der Waals surface area contributed by atoms with Crippen molar-refractivity contribution in [2.45, 2.75) is 19.4 Å². The number of fused-ring (bicyclic) bond motifs is 1. The van der Waals surface area contributed by atoms with E-state index in [4.69, 9.17) is 4.42 Å². The second kappa shape index (κ2) is 6.25. The molecular weight excluding hydrogens is 326 g/mol. The van der Waals surface area contributed by atoms with Crippen LogP contribution in [-0.2, 0) is 0 Å². The Hall–Kier alpha value is -2.66. The van der Waals surface area contributed by atoms with Crippen LogP contribution in [0.25, 0.3) is 22.6 Å². The Morgan fingerprint density at radius 1 is 1.12 bits per heavy atom. The number of benzene rings is 2. The van der Waals surface area contributed by atoms with Crippen LogP contribution >= 0.6 is 0 Å². The van der Waals surface area contributed by atoms with Crippen molar-refractivity contribution in [2.75, 3.05) is 26.7 Å². The summed E-state index contributed by atoms with van der Waals surface area (Å²) in [6, 6.07) is 15.3. The van der Waals surface area contributed by atoms with Crippen LogP contribution in [0.4, 0.5) is 0 Å². The molecule has 4 rings (SSSR count). The van der Waals surface area contributed by atoms with Gasteiger partial charge in [-0.05, 0) is 51.2 Å². The molecule has 0 unspecified atom stereocenters. The monoisotopic (exact) mass is 349 g/mol. The largest absolute Gasteiger partial charge is 0.436 e. The first-order valence-electron chi connectivity index (χ1n) is 8.90. The van der Waals surface area contributed by atoms with Gasteiger partial charge in [0, 0.05) is 36.3 Å². The lowest BCUT2D eigenvalue weighted by Crippen LogP contribution is -2.58. The zero-order chi connectivity index (χ0) is 18.3. The first-order chi connectivity index (χ1) is 12.4. The number of rotatable bonds is 2. The number of nitrogens with zero attached hydrogens (tertiary/aromatic N) is 3. The first kappa shape index (κ1) is 16.8. The maximum Gasteiger partial charge on any atom is 0.254 e. The number of carbonyl (C=O) groups is 1. The number of oxazole rings is 1. The molecule has 0 atom stereocenters. The van der Waals surface area contributed by atoms with E-state index in [0.717, 1.165) is 18.7 Å². The molecule has 5 heteroatoms. The summed E-state index contributed by atoms with van der Waals surface area (Å²) < 4.78 is 5.84. The van der Waals surface area contributed by atoms with E-state index in [-0.39, 0.29) is 11.4 Å². The number of hydrogen-bond acceptors (Lipinski definition) is 4. The normalized spacial score (nSPS) is 17.6. The summed E-state index contributed by atoms with van der Waals surface area (Å²) in [6.45, 7) is 6.67. The molecule has 1 fully saturated rings. The van der Waals surface area contributed by atoms with Crippen molar-refractivity contribution < 1.29 is 9.21 Å². The number of carbonyl (C=O) groups excluding carboxylic acids is 1. The van der Waals surface area contributed by atoms with Crippen LogP contribution in [0, 0.1) is 0 Å². The summed E-state index contributed by atoms with van der Waals surface area (Å²) >= 11 is 0. The summed E-state index contributed by atoms with van der Waals surface area (Å²) in [5.41, 5.74) is 2.97. The van der Waals surface area contributed by atoms with E-state index >= 15 is 0 Å². The highest BCUT2D eigenvalue weighted by molar-refractivity contribution is 5.97. The molecule has 3 aromatic rings. The molecule has 1 aromatic heterocycles. The van der Waals surface area contributed by atoms with E-state index in [9.17, 15) is 4.79 Å². The minimum absolute atomic E-state index is 0.0214. The van der Waals surface area contributed by atoms with Gasteiger partial charge in [-0.3, -0.25) is 9.69 Å². The molecule has 0 aliphatic carbocycles. The van der Waals surface area contributed by atoms with Gasteiger partial charge in [0.1, 0.15) is 5.52 Å². The van der Waals surface area contributed by atoms with Gasteiger partial charge in [-0.15, -0.1) is 0 Å². The quantitative estimate of drug-likeness (QED) is 0.708. The molecule has 1 aliphatic heterocycles. The van der Waals surface area contributed by atoms with Gasteiger partial charge in [-0.2, -0.15) is 0 Å². The van der Waals surface area contributed by atoms with Crippen LogP contribution in [-0.4, -0.2) is 52.9 Å². The summed E-state index contributed by atoms with van der Waals surface area (Å²) in [4.78, 5) is 21.8. The van der Waals surface area contributed by atoms with Gasteiger partial charge >= 0.3 is 0 Å². The zero-order valence-electron chi connectivity index (χ0n) is 15.4. The van der Waals surface area contributed by atoms with Crippen molar-refractivity contribution in [3.63, 3.8) is 0 Å². The fraction of sp³-hybridized carbons (Fsp3) is 0.333. The number of likely N-dealkylation sites (N-methyl/N-ethyl adjacent to an activating group) is 1. The molecule has 2 heterocycles. The SMILES string of the molecule is CN1CCN(C(=O)c2ccc3oc(-c4ccccc4)nc3c2)CC1(C)C. The molecule has 0 spiro atoms.